The number of nitrogens with zero attached hydrogens (tertiary/aromatic N) is 2. The Labute approximate surface area is 111 Å². The van der Waals surface area contributed by atoms with Crippen LogP contribution in [0.3, 0.4) is 0 Å². The second-order valence-electron chi connectivity index (χ2n) is 4.98. The molecule has 0 aliphatic heterocycles. The summed E-state index contributed by atoms with van der Waals surface area (Å²) in [5, 5.41) is 13.5. The monoisotopic (exact) mass is 303 g/mol. The molecule has 0 aromatic carbocycles. The molecule has 0 aliphatic carbocycles. The fourth-order valence-corrected chi connectivity index (χ4v) is 2.05. The van der Waals surface area contributed by atoms with E-state index in [1.165, 1.54) is 5.69 Å². The van der Waals surface area contributed by atoms with Crippen LogP contribution in [-0.4, -0.2) is 27.0 Å². The fourth-order valence-electron chi connectivity index (χ4n) is 1.76. The van der Waals surface area contributed by atoms with Crippen molar-refractivity contribution in [1.82, 2.24) is 9.78 Å². The molecular weight excluding hydrogens is 282 g/mol. The molecular formula is C12H22BrN3O. The highest BCUT2D eigenvalue weighted by Gasteiger charge is 2.16. The number of aliphatic hydroxyl groups excluding tert-OH is 1. The van der Waals surface area contributed by atoms with Crippen molar-refractivity contribution in [3.8, 4) is 0 Å². The normalized spacial score (nSPS) is 14.9. The van der Waals surface area contributed by atoms with Crippen LogP contribution in [0.2, 0.25) is 0 Å². The zero-order valence-electron chi connectivity index (χ0n) is 10.8. The summed E-state index contributed by atoms with van der Waals surface area (Å²) in [5.41, 5.74) is 7.62. The van der Waals surface area contributed by atoms with Crippen LogP contribution in [0.15, 0.2) is 4.47 Å². The lowest BCUT2D eigenvalue weighted by atomic mass is 9.97. The Balaban J connectivity index is 2.39. The molecule has 0 bridgehead atoms. The van der Waals surface area contributed by atoms with E-state index in [4.69, 9.17) is 10.8 Å². The number of rotatable bonds is 6. The molecule has 1 heterocycles. The van der Waals surface area contributed by atoms with E-state index in [0.29, 0.717) is 0 Å². The predicted molar refractivity (Wildman–Crippen MR) is 72.9 cm³/mol. The van der Waals surface area contributed by atoms with Gasteiger partial charge < -0.3 is 10.8 Å². The summed E-state index contributed by atoms with van der Waals surface area (Å²) < 4.78 is 3.11. The number of nitrogens with two attached hydrogens (primary N) is 1. The van der Waals surface area contributed by atoms with E-state index in [0.717, 1.165) is 36.0 Å². The minimum Gasteiger partial charge on any atom is -0.394 e. The number of aromatic nitrogens is 2. The van der Waals surface area contributed by atoms with Gasteiger partial charge in [0.05, 0.1) is 16.8 Å². The van der Waals surface area contributed by atoms with Crippen LogP contribution < -0.4 is 5.73 Å². The van der Waals surface area contributed by atoms with Crippen LogP contribution in [0.5, 0.6) is 0 Å². The van der Waals surface area contributed by atoms with Crippen molar-refractivity contribution in [2.24, 2.45) is 5.73 Å². The summed E-state index contributed by atoms with van der Waals surface area (Å²) in [5.74, 6) is 0. The van der Waals surface area contributed by atoms with Crippen LogP contribution in [0.25, 0.3) is 0 Å². The van der Waals surface area contributed by atoms with Gasteiger partial charge in [0.1, 0.15) is 0 Å². The first-order valence-corrected chi connectivity index (χ1v) is 6.76. The minimum atomic E-state index is -0.449. The molecule has 0 radical (unpaired) electrons. The molecule has 1 aromatic heterocycles. The topological polar surface area (TPSA) is 64.1 Å². The van der Waals surface area contributed by atoms with Gasteiger partial charge in [-0.15, -0.1) is 0 Å². The molecule has 17 heavy (non-hydrogen) atoms. The van der Waals surface area contributed by atoms with Gasteiger partial charge in [0.15, 0.2) is 0 Å². The first kappa shape index (κ1) is 14.7. The second-order valence-corrected chi connectivity index (χ2v) is 5.77. The Morgan fingerprint density at radius 3 is 2.53 bits per heavy atom. The van der Waals surface area contributed by atoms with Gasteiger partial charge in [0.2, 0.25) is 0 Å². The van der Waals surface area contributed by atoms with E-state index in [-0.39, 0.29) is 6.61 Å². The average Bonchev–Trinajstić information content (AvgIpc) is 2.52. The lowest BCUT2D eigenvalue weighted by molar-refractivity contribution is 0.197. The number of hydrogen-bond acceptors (Lipinski definition) is 3. The largest absolute Gasteiger partial charge is 0.394 e. The second kappa shape index (κ2) is 5.98. The van der Waals surface area contributed by atoms with Crippen molar-refractivity contribution in [2.45, 2.75) is 52.1 Å². The summed E-state index contributed by atoms with van der Waals surface area (Å²) in [6.07, 6.45) is 2.87. The molecule has 3 N–H and O–H groups in total. The van der Waals surface area contributed by atoms with Crippen LogP contribution in [0, 0.1) is 13.8 Å². The zero-order chi connectivity index (χ0) is 13.1. The van der Waals surface area contributed by atoms with Crippen molar-refractivity contribution in [3.05, 3.63) is 15.9 Å². The maximum absolute atomic E-state index is 9.05. The maximum Gasteiger partial charge on any atom is 0.0738 e. The van der Waals surface area contributed by atoms with E-state index < -0.39 is 5.54 Å². The molecule has 5 heteroatoms. The highest BCUT2D eigenvalue weighted by Crippen LogP contribution is 2.20. The van der Waals surface area contributed by atoms with E-state index >= 15 is 0 Å². The summed E-state index contributed by atoms with van der Waals surface area (Å²) in [6, 6.07) is 0. The first-order chi connectivity index (χ1) is 7.87. The molecule has 0 saturated carbocycles. The lowest BCUT2D eigenvalue weighted by Crippen LogP contribution is -2.39. The van der Waals surface area contributed by atoms with Gasteiger partial charge >= 0.3 is 0 Å². The van der Waals surface area contributed by atoms with Gasteiger partial charge in [-0.1, -0.05) is 0 Å². The molecule has 0 fully saturated rings. The van der Waals surface area contributed by atoms with Gasteiger partial charge in [0, 0.05) is 17.8 Å². The first-order valence-electron chi connectivity index (χ1n) is 5.96. The smallest absolute Gasteiger partial charge is 0.0738 e. The third-order valence-electron chi connectivity index (χ3n) is 3.02. The molecule has 0 amide bonds. The quantitative estimate of drug-likeness (QED) is 0.792. The van der Waals surface area contributed by atoms with Gasteiger partial charge in [0.25, 0.3) is 0 Å². The minimum absolute atomic E-state index is 0.0401. The third-order valence-corrected chi connectivity index (χ3v) is 4.17. The third kappa shape index (κ3) is 4.08. The number of unbranched alkanes of at least 4 members (excludes halogenated alkanes) is 1. The Morgan fingerprint density at radius 1 is 1.41 bits per heavy atom. The average molecular weight is 304 g/mol. The zero-order valence-corrected chi connectivity index (χ0v) is 12.4. The Hall–Kier alpha value is -0.390. The molecule has 98 valence electrons. The van der Waals surface area contributed by atoms with Crippen LogP contribution in [0.1, 0.15) is 37.6 Å². The highest BCUT2D eigenvalue weighted by molar-refractivity contribution is 9.10. The number of hydrogen-bond donors (Lipinski definition) is 2. The fraction of sp³-hybridized carbons (Fsp3) is 0.750. The molecule has 0 spiro atoms. The predicted octanol–water partition coefficient (Wildman–Crippen LogP) is 2.14. The van der Waals surface area contributed by atoms with Crippen LogP contribution in [0.4, 0.5) is 0 Å². The van der Waals surface area contributed by atoms with Crippen molar-refractivity contribution >= 4 is 15.9 Å². The van der Waals surface area contributed by atoms with E-state index in [9.17, 15) is 0 Å². The van der Waals surface area contributed by atoms with Crippen LogP contribution in [-0.2, 0) is 6.54 Å². The van der Waals surface area contributed by atoms with Crippen LogP contribution >= 0.6 is 15.9 Å². The van der Waals surface area contributed by atoms with E-state index in [1.807, 2.05) is 18.5 Å². The van der Waals surface area contributed by atoms with Gasteiger partial charge in [-0.05, 0) is 56.0 Å². The Morgan fingerprint density at radius 2 is 2.06 bits per heavy atom. The standard InChI is InChI=1S/C12H22BrN3O/c1-9-11(13)10(2)16(15-9)7-5-4-6-12(3,14)8-17/h17H,4-8,14H2,1-3H3. The van der Waals surface area contributed by atoms with Crippen molar-refractivity contribution in [1.29, 1.82) is 0 Å². The van der Waals surface area contributed by atoms with E-state index in [1.54, 1.807) is 0 Å². The maximum atomic E-state index is 9.05. The molecule has 1 rings (SSSR count). The summed E-state index contributed by atoms with van der Waals surface area (Å²) in [7, 11) is 0. The highest BCUT2D eigenvalue weighted by atomic mass is 79.9. The lowest BCUT2D eigenvalue weighted by Gasteiger charge is -2.21. The van der Waals surface area contributed by atoms with Gasteiger partial charge in [-0.25, -0.2) is 0 Å². The number of aliphatic hydroxyl groups is 1. The molecule has 1 atom stereocenters. The van der Waals surface area contributed by atoms with Crippen molar-refractivity contribution in [2.75, 3.05) is 6.61 Å². The van der Waals surface area contributed by atoms with Crippen molar-refractivity contribution in [3.63, 3.8) is 0 Å². The molecule has 1 unspecified atom stereocenters. The number of aryl methyl sites for hydroxylation is 2. The molecule has 4 nitrogen and oxygen atoms in total. The summed E-state index contributed by atoms with van der Waals surface area (Å²) in [4.78, 5) is 0. The summed E-state index contributed by atoms with van der Waals surface area (Å²) >= 11 is 3.52. The van der Waals surface area contributed by atoms with Gasteiger partial charge in [-0.2, -0.15) is 5.10 Å². The van der Waals surface area contributed by atoms with Crippen molar-refractivity contribution < 1.29 is 5.11 Å². The molecule has 0 saturated heterocycles. The number of halogens is 1. The Kier molecular flexibility index (Phi) is 5.16. The SMILES string of the molecule is Cc1nn(CCCCC(C)(N)CO)c(C)c1Br. The molecule has 0 aliphatic rings. The molecule has 1 aromatic rings. The Bertz CT molecular complexity index is 374. The van der Waals surface area contributed by atoms with E-state index in [2.05, 4.69) is 28.0 Å². The summed E-state index contributed by atoms with van der Waals surface area (Å²) in [6.45, 7) is 6.88. The van der Waals surface area contributed by atoms with Gasteiger partial charge in [-0.3, -0.25) is 4.68 Å².